The zero-order valence-electron chi connectivity index (χ0n) is 23.9. The Morgan fingerprint density at radius 3 is 2.34 bits per heavy atom. The zero-order valence-corrected chi connectivity index (χ0v) is 23.9. The summed E-state index contributed by atoms with van der Waals surface area (Å²) in [4.78, 5) is 29.1. The molecule has 2 unspecified atom stereocenters. The van der Waals surface area contributed by atoms with E-state index >= 15 is 0 Å². The molecule has 1 aliphatic heterocycles. The van der Waals surface area contributed by atoms with Crippen LogP contribution in [0.25, 0.3) is 6.08 Å². The summed E-state index contributed by atoms with van der Waals surface area (Å²) >= 11 is 0. The quantitative estimate of drug-likeness (QED) is 0.305. The van der Waals surface area contributed by atoms with Crippen molar-refractivity contribution in [2.75, 3.05) is 19.6 Å². The minimum absolute atomic E-state index is 0.00243. The Kier molecular flexibility index (Phi) is 9.46. The molecule has 0 spiro atoms. The molecule has 0 aliphatic carbocycles. The maximum atomic E-state index is 13.8. The predicted molar refractivity (Wildman–Crippen MR) is 160 cm³/mol. The summed E-state index contributed by atoms with van der Waals surface area (Å²) in [5.41, 5.74) is 2.57. The average Bonchev–Trinajstić information content (AvgIpc) is 2.96. The number of benzene rings is 3. The lowest BCUT2D eigenvalue weighted by molar-refractivity contribution is -0.137. The number of allylic oxidation sites excluding steroid dienone is 1. The predicted octanol–water partition coefficient (Wildman–Crippen LogP) is 6.97. The van der Waals surface area contributed by atoms with Crippen LogP contribution in [0, 0.1) is 16.7 Å². The van der Waals surface area contributed by atoms with Gasteiger partial charge in [0, 0.05) is 43.6 Å². The maximum absolute atomic E-state index is 13.8. The molecule has 1 saturated heterocycles. The number of rotatable bonds is 8. The molecule has 2 amide bonds. The number of ether oxygens (including phenoxy) is 1. The van der Waals surface area contributed by atoms with E-state index in [-0.39, 0.29) is 42.8 Å². The zero-order chi connectivity index (χ0) is 29.4. The van der Waals surface area contributed by atoms with Crippen molar-refractivity contribution in [1.82, 2.24) is 9.80 Å². The van der Waals surface area contributed by atoms with E-state index in [1.54, 1.807) is 6.08 Å². The number of para-hydroxylation sites is 2. The van der Waals surface area contributed by atoms with Gasteiger partial charge in [0.25, 0.3) is 0 Å². The maximum Gasteiger partial charge on any atom is 0.407 e. The van der Waals surface area contributed by atoms with Crippen molar-refractivity contribution < 1.29 is 19.4 Å². The highest BCUT2D eigenvalue weighted by Crippen LogP contribution is 2.41. The molecule has 7 heteroatoms. The molecule has 1 aliphatic rings. The first-order valence-corrected chi connectivity index (χ1v) is 13.9. The fourth-order valence-electron chi connectivity index (χ4n) is 5.69. The smallest absolute Gasteiger partial charge is 0.407 e. The molecule has 3 aromatic rings. The number of nitriles is 1. The molecule has 1 fully saturated rings. The third-order valence-corrected chi connectivity index (χ3v) is 7.54. The standard InChI is InChI=1S/C34H37N3O4/c1-34(2,3)32(27-14-5-4-6-15-27)28-24-36(33(39)40)22-23-37(28)31(38)20-19-26-13-8-10-18-30(26)41-29-17-9-7-12-25(29)16-11-21-35/h4-18,28,32H,19-20,22-24H2,1-3H3,(H,39,40). The van der Waals surface area contributed by atoms with Gasteiger partial charge in [-0.2, -0.15) is 5.26 Å². The first-order chi connectivity index (χ1) is 19.7. The van der Waals surface area contributed by atoms with Gasteiger partial charge in [0.2, 0.25) is 5.91 Å². The van der Waals surface area contributed by atoms with Crippen molar-refractivity contribution in [2.24, 2.45) is 5.41 Å². The molecule has 3 aromatic carbocycles. The third kappa shape index (κ3) is 7.34. The number of hydrogen-bond acceptors (Lipinski definition) is 4. The van der Waals surface area contributed by atoms with Gasteiger partial charge < -0.3 is 19.6 Å². The number of carbonyl (C=O) groups is 2. The Morgan fingerprint density at radius 2 is 1.66 bits per heavy atom. The topological polar surface area (TPSA) is 93.9 Å². The summed E-state index contributed by atoms with van der Waals surface area (Å²) in [7, 11) is 0. The van der Waals surface area contributed by atoms with Crippen molar-refractivity contribution >= 4 is 18.1 Å². The Labute approximate surface area is 242 Å². The molecular weight excluding hydrogens is 514 g/mol. The molecule has 7 nitrogen and oxygen atoms in total. The van der Waals surface area contributed by atoms with Crippen LogP contribution in [-0.2, 0) is 11.2 Å². The molecule has 0 bridgehead atoms. The highest BCUT2D eigenvalue weighted by Gasteiger charge is 2.42. The van der Waals surface area contributed by atoms with Crippen LogP contribution in [0.5, 0.6) is 11.5 Å². The molecule has 1 N–H and O–H groups in total. The fourth-order valence-corrected chi connectivity index (χ4v) is 5.69. The van der Waals surface area contributed by atoms with Gasteiger partial charge in [-0.1, -0.05) is 87.5 Å². The van der Waals surface area contributed by atoms with Crippen molar-refractivity contribution in [3.05, 3.63) is 102 Å². The third-order valence-electron chi connectivity index (χ3n) is 7.54. The number of carbonyl (C=O) groups excluding carboxylic acids is 1. The van der Waals surface area contributed by atoms with Gasteiger partial charge in [0.15, 0.2) is 0 Å². The highest BCUT2D eigenvalue weighted by atomic mass is 16.5. The van der Waals surface area contributed by atoms with E-state index in [0.717, 1.165) is 16.7 Å². The van der Waals surface area contributed by atoms with Gasteiger partial charge in [-0.15, -0.1) is 0 Å². The normalized spacial score (nSPS) is 16.3. The van der Waals surface area contributed by atoms with Gasteiger partial charge in [0.05, 0.1) is 12.1 Å². The second kappa shape index (κ2) is 13.2. The lowest BCUT2D eigenvalue weighted by Gasteiger charge is -2.48. The van der Waals surface area contributed by atoms with E-state index in [1.807, 2.05) is 77.7 Å². The second-order valence-corrected chi connectivity index (χ2v) is 11.3. The minimum Gasteiger partial charge on any atom is -0.465 e. The molecule has 212 valence electrons. The van der Waals surface area contributed by atoms with Gasteiger partial charge in [-0.25, -0.2) is 4.79 Å². The number of hydrogen-bond donors (Lipinski definition) is 1. The Bertz CT molecular complexity index is 1420. The largest absolute Gasteiger partial charge is 0.465 e. The SMILES string of the molecule is CC(C)(C)C(c1ccccc1)C1CN(C(=O)O)CCN1C(=O)CCc1ccccc1Oc1ccccc1C=CC#N. The van der Waals surface area contributed by atoms with Crippen LogP contribution in [0.3, 0.4) is 0 Å². The van der Waals surface area contributed by atoms with Crippen LogP contribution < -0.4 is 4.74 Å². The number of piperazine rings is 1. The van der Waals surface area contributed by atoms with Crippen LogP contribution in [0.15, 0.2) is 84.9 Å². The van der Waals surface area contributed by atoms with E-state index in [1.165, 1.54) is 11.0 Å². The summed E-state index contributed by atoms with van der Waals surface area (Å²) < 4.78 is 6.26. The molecule has 1 heterocycles. The first kappa shape index (κ1) is 29.4. The number of carboxylic acid groups (broad SMARTS) is 1. The molecule has 2 atom stereocenters. The van der Waals surface area contributed by atoms with Crippen LogP contribution in [0.4, 0.5) is 4.79 Å². The second-order valence-electron chi connectivity index (χ2n) is 11.3. The molecular formula is C34H37N3O4. The van der Waals surface area contributed by atoms with E-state index in [2.05, 4.69) is 32.9 Å². The summed E-state index contributed by atoms with van der Waals surface area (Å²) in [5, 5.41) is 18.7. The van der Waals surface area contributed by atoms with Gasteiger partial charge in [-0.05, 0) is 41.2 Å². The van der Waals surface area contributed by atoms with Crippen LogP contribution in [0.1, 0.15) is 49.8 Å². The highest BCUT2D eigenvalue weighted by molar-refractivity contribution is 5.78. The Hall–Kier alpha value is -4.57. The van der Waals surface area contributed by atoms with E-state index in [4.69, 9.17) is 10.00 Å². The first-order valence-electron chi connectivity index (χ1n) is 13.9. The summed E-state index contributed by atoms with van der Waals surface area (Å²) in [5.74, 6) is 1.22. The van der Waals surface area contributed by atoms with Gasteiger partial charge in [0.1, 0.15) is 11.5 Å². The van der Waals surface area contributed by atoms with Gasteiger partial charge in [-0.3, -0.25) is 4.79 Å². The fraction of sp³-hybridized carbons (Fsp3) is 0.324. The Balaban J connectivity index is 1.56. The number of amides is 2. The number of aryl methyl sites for hydroxylation is 1. The molecule has 41 heavy (non-hydrogen) atoms. The molecule has 4 rings (SSSR count). The van der Waals surface area contributed by atoms with E-state index in [9.17, 15) is 14.7 Å². The van der Waals surface area contributed by atoms with Crippen molar-refractivity contribution in [2.45, 2.75) is 45.6 Å². The lowest BCUT2D eigenvalue weighted by atomic mass is 9.71. The summed E-state index contributed by atoms with van der Waals surface area (Å²) in [6.07, 6.45) is 2.90. The molecule has 0 radical (unpaired) electrons. The Morgan fingerprint density at radius 1 is 1.00 bits per heavy atom. The van der Waals surface area contributed by atoms with Crippen LogP contribution in [-0.4, -0.2) is 52.6 Å². The van der Waals surface area contributed by atoms with E-state index < -0.39 is 6.09 Å². The average molecular weight is 552 g/mol. The van der Waals surface area contributed by atoms with Crippen LogP contribution in [0.2, 0.25) is 0 Å². The summed E-state index contributed by atoms with van der Waals surface area (Å²) in [6, 6.07) is 26.9. The minimum atomic E-state index is -0.959. The summed E-state index contributed by atoms with van der Waals surface area (Å²) in [6.45, 7) is 7.34. The van der Waals surface area contributed by atoms with E-state index in [0.29, 0.717) is 24.5 Å². The van der Waals surface area contributed by atoms with Crippen molar-refractivity contribution in [3.63, 3.8) is 0 Å². The monoisotopic (exact) mass is 551 g/mol. The van der Waals surface area contributed by atoms with Gasteiger partial charge >= 0.3 is 6.09 Å². The molecule has 0 saturated carbocycles. The van der Waals surface area contributed by atoms with Crippen molar-refractivity contribution in [3.8, 4) is 17.6 Å². The number of nitrogens with zero attached hydrogens (tertiary/aromatic N) is 3. The van der Waals surface area contributed by atoms with Crippen molar-refractivity contribution in [1.29, 1.82) is 5.26 Å². The lowest BCUT2D eigenvalue weighted by Crippen LogP contribution is -2.59. The molecule has 0 aromatic heterocycles. The van der Waals surface area contributed by atoms with Crippen LogP contribution >= 0.6 is 0 Å².